The van der Waals surface area contributed by atoms with Gasteiger partial charge in [0.2, 0.25) is 5.75 Å². The Labute approximate surface area is 205 Å². The Kier molecular flexibility index (Phi) is 7.31. The Morgan fingerprint density at radius 2 is 2.11 bits per heavy atom. The number of para-hydroxylation sites is 2. The average molecular weight is 522 g/mol. The van der Waals surface area contributed by atoms with E-state index in [9.17, 15) is 14.8 Å². The summed E-state index contributed by atoms with van der Waals surface area (Å²) in [6, 6.07) is 5.27. The lowest BCUT2D eigenvalue weighted by atomic mass is 9.98. The molecule has 3 N–H and O–H groups in total. The highest BCUT2D eigenvalue weighted by Gasteiger charge is 2.55. The number of ether oxygens (including phenoxy) is 3. The second-order valence-corrected chi connectivity index (χ2v) is 9.00. The van der Waals surface area contributed by atoms with E-state index in [1.54, 1.807) is 12.1 Å². The van der Waals surface area contributed by atoms with Gasteiger partial charge in [-0.05, 0) is 26.0 Å². The van der Waals surface area contributed by atoms with Crippen LogP contribution in [0.2, 0.25) is 0 Å². The first-order chi connectivity index (χ1) is 17.1. The number of imidazole rings is 1. The van der Waals surface area contributed by atoms with Crippen LogP contribution in [0.15, 0.2) is 41.7 Å². The van der Waals surface area contributed by atoms with Gasteiger partial charge >= 0.3 is 14.1 Å². The van der Waals surface area contributed by atoms with Gasteiger partial charge in [0.1, 0.15) is 30.7 Å². The molecule has 13 nitrogen and oxygen atoms in total. The Morgan fingerprint density at radius 3 is 2.83 bits per heavy atom. The highest BCUT2D eigenvalue weighted by molar-refractivity contribution is 7.34. The zero-order valence-corrected chi connectivity index (χ0v) is 20.4. The Morgan fingerprint density at radius 1 is 1.39 bits per heavy atom. The molecule has 2 aromatic heterocycles. The van der Waals surface area contributed by atoms with Crippen LogP contribution in [0.25, 0.3) is 11.2 Å². The minimum Gasteiger partial charge on any atom is -0.575 e. The summed E-state index contributed by atoms with van der Waals surface area (Å²) < 4.78 is 42.1. The van der Waals surface area contributed by atoms with E-state index in [-0.39, 0.29) is 35.1 Å². The molecule has 2 unspecified atom stereocenters. The second-order valence-electron chi connectivity index (χ2n) is 8.11. The molecule has 1 saturated heterocycles. The van der Waals surface area contributed by atoms with Gasteiger partial charge in [0, 0.05) is 0 Å². The number of hydrogen-bond donors (Lipinski definition) is 2. The molecule has 1 fully saturated rings. The molecule has 1 aromatic carbocycles. The van der Waals surface area contributed by atoms with Crippen LogP contribution in [-0.2, 0) is 14.3 Å². The zero-order chi connectivity index (χ0) is 26.0. The van der Waals surface area contributed by atoms with Crippen molar-refractivity contribution in [3.8, 4) is 11.5 Å². The van der Waals surface area contributed by atoms with E-state index in [4.69, 9.17) is 19.7 Å². The maximum Gasteiger partial charge on any atom is 0.395 e. The number of hydrogen-bond acceptors (Lipinski definition) is 12. The average Bonchev–Trinajstić information content (AvgIpc) is 3.37. The number of fused-ring (bicyclic) bond motifs is 1. The normalized spacial score (nSPS) is 25.1. The molecule has 3 heterocycles. The van der Waals surface area contributed by atoms with Crippen molar-refractivity contribution in [1.29, 1.82) is 0 Å². The summed E-state index contributed by atoms with van der Waals surface area (Å²) in [5.41, 5.74) is 4.10. The molecule has 36 heavy (non-hydrogen) atoms. The molecule has 1 aliphatic rings. The quantitative estimate of drug-likeness (QED) is 0.321. The van der Waals surface area contributed by atoms with Gasteiger partial charge in [0.15, 0.2) is 35.2 Å². The zero-order valence-electron chi connectivity index (χ0n) is 19.5. The summed E-state index contributed by atoms with van der Waals surface area (Å²) >= 11 is 0. The highest BCUT2D eigenvalue weighted by Crippen LogP contribution is 2.43. The van der Waals surface area contributed by atoms with Crippen molar-refractivity contribution in [2.24, 2.45) is 4.74 Å². The number of aromatic nitrogens is 4. The van der Waals surface area contributed by atoms with Crippen molar-refractivity contribution < 1.29 is 37.9 Å². The van der Waals surface area contributed by atoms with Crippen molar-refractivity contribution in [3.63, 3.8) is 0 Å². The number of anilines is 1. The highest BCUT2D eigenvalue weighted by atomic mass is 31.1. The van der Waals surface area contributed by atoms with Gasteiger partial charge in [-0.2, -0.15) is 0 Å². The summed E-state index contributed by atoms with van der Waals surface area (Å²) in [6.07, 6.45) is -1.41. The molecule has 0 bridgehead atoms. The van der Waals surface area contributed by atoms with Gasteiger partial charge in [-0.1, -0.05) is 16.9 Å². The number of nitrogens with two attached hydrogens (primary N) is 1. The van der Waals surface area contributed by atoms with Crippen LogP contribution >= 0.6 is 8.17 Å². The standard InChI is InChI=1S/C21H24FN6O7P/c1-11(19(30)32-3)27-36(31)35-13-7-5-4-6-12(13)33-8-14-16(29)21(2,22)20(34-14)28-10-26-15-17(23)24-9-25-18(15)28/h4-7,9-11,14,16,20,29H,8H2,1-3H3,(H2,23,24,25)/t11-,14+,16+,20?,21+/m0/s1. The third-order valence-corrected chi connectivity index (χ3v) is 6.48. The van der Waals surface area contributed by atoms with Crippen molar-refractivity contribution >= 4 is 31.1 Å². The van der Waals surface area contributed by atoms with Crippen LogP contribution in [0.1, 0.15) is 20.1 Å². The fourth-order valence-corrected chi connectivity index (χ4v) is 4.42. The summed E-state index contributed by atoms with van der Waals surface area (Å²) in [4.78, 5) is 35.8. The van der Waals surface area contributed by atoms with Crippen LogP contribution in [0, 0.1) is 0 Å². The molecule has 1 aliphatic heterocycles. The van der Waals surface area contributed by atoms with E-state index in [1.165, 1.54) is 50.3 Å². The first kappa shape index (κ1) is 25.6. The maximum absolute atomic E-state index is 15.6. The first-order valence-corrected chi connectivity index (χ1v) is 11.9. The number of nitrogens with zero attached hydrogens (tertiary/aromatic N) is 5. The van der Waals surface area contributed by atoms with E-state index in [1.807, 2.05) is 0 Å². The Hall–Kier alpha value is -3.45. The van der Waals surface area contributed by atoms with Crippen LogP contribution in [0.3, 0.4) is 0 Å². The molecule has 3 aromatic rings. The Balaban J connectivity index is 1.49. The SMILES string of the molecule is COC(=O)[C@H](C)N=[P+]([O-])Oc1ccccc1OC[C@H]1OC(n2cnc3c(N)ncnc32)[C@](C)(F)[C@@H]1O. The fraction of sp³-hybridized carbons (Fsp3) is 0.429. The van der Waals surface area contributed by atoms with Crippen molar-refractivity contribution in [3.05, 3.63) is 36.9 Å². The van der Waals surface area contributed by atoms with E-state index < -0.39 is 44.3 Å². The van der Waals surface area contributed by atoms with Gasteiger partial charge in [-0.25, -0.2) is 24.1 Å². The number of carbonyl (C=O) groups is 1. The predicted molar refractivity (Wildman–Crippen MR) is 123 cm³/mol. The topological polar surface area (TPSA) is 179 Å². The van der Waals surface area contributed by atoms with Crippen molar-refractivity contribution in [1.82, 2.24) is 19.5 Å². The molecule has 4 rings (SSSR count). The number of carbonyl (C=O) groups excluding carboxylic acids is 1. The third kappa shape index (κ3) is 4.93. The molecule has 0 spiro atoms. The summed E-state index contributed by atoms with van der Waals surface area (Å²) in [7, 11) is -1.44. The lowest BCUT2D eigenvalue weighted by Gasteiger charge is -2.24. The third-order valence-electron chi connectivity index (χ3n) is 5.60. The monoisotopic (exact) mass is 522 g/mol. The minimum atomic E-state index is -2.63. The number of benzene rings is 1. The minimum absolute atomic E-state index is 0.0688. The van der Waals surface area contributed by atoms with Crippen LogP contribution in [0.4, 0.5) is 10.2 Å². The van der Waals surface area contributed by atoms with E-state index >= 15 is 4.39 Å². The molecule has 0 saturated carbocycles. The van der Waals surface area contributed by atoms with E-state index in [0.29, 0.717) is 0 Å². The number of alkyl halides is 1. The fourth-order valence-electron chi connectivity index (χ4n) is 3.68. The summed E-state index contributed by atoms with van der Waals surface area (Å²) in [5, 5.41) is 10.7. The van der Waals surface area contributed by atoms with Gasteiger partial charge < -0.3 is 29.9 Å². The van der Waals surface area contributed by atoms with Gasteiger partial charge in [0.25, 0.3) is 0 Å². The number of aliphatic hydroxyl groups is 1. The molecular formula is C21H24FN6O7P. The number of methoxy groups -OCH3 is 1. The van der Waals surface area contributed by atoms with Gasteiger partial charge in [-0.3, -0.25) is 9.09 Å². The lowest BCUT2D eigenvalue weighted by Crippen LogP contribution is -2.41. The molecule has 192 valence electrons. The van der Waals surface area contributed by atoms with Crippen LogP contribution < -0.4 is 19.9 Å². The largest absolute Gasteiger partial charge is 0.575 e. The van der Waals surface area contributed by atoms with E-state index in [2.05, 4.69) is 24.4 Å². The van der Waals surface area contributed by atoms with Gasteiger partial charge in [-0.15, -0.1) is 0 Å². The lowest BCUT2D eigenvalue weighted by molar-refractivity contribution is -0.169. The van der Waals surface area contributed by atoms with E-state index in [0.717, 1.165) is 0 Å². The maximum atomic E-state index is 15.6. The second kappa shape index (κ2) is 10.3. The van der Waals surface area contributed by atoms with Crippen molar-refractivity contribution in [2.75, 3.05) is 19.5 Å². The van der Waals surface area contributed by atoms with Crippen molar-refractivity contribution in [2.45, 2.75) is 44.0 Å². The molecular weight excluding hydrogens is 498 g/mol. The summed E-state index contributed by atoms with van der Waals surface area (Å²) in [5.74, 6) is -0.322. The predicted octanol–water partition coefficient (Wildman–Crippen LogP) is 1.27. The van der Waals surface area contributed by atoms with Crippen LogP contribution in [0.5, 0.6) is 11.5 Å². The molecule has 15 heteroatoms. The number of aliphatic hydroxyl groups excluding tert-OH is 1. The molecule has 0 radical (unpaired) electrons. The molecule has 0 amide bonds. The number of esters is 1. The smallest absolute Gasteiger partial charge is 0.395 e. The molecule has 6 atom stereocenters. The first-order valence-electron chi connectivity index (χ1n) is 10.7. The summed E-state index contributed by atoms with van der Waals surface area (Å²) in [6.45, 7) is 2.34. The molecule has 0 aliphatic carbocycles. The number of halogens is 1. The number of nitrogen functional groups attached to an aromatic ring is 1. The van der Waals surface area contributed by atoms with Crippen LogP contribution in [-0.4, -0.2) is 68.2 Å². The van der Waals surface area contributed by atoms with Gasteiger partial charge in [0.05, 0.1) is 13.4 Å². The Bertz CT molecular complexity index is 1290. The number of rotatable bonds is 8.